The summed E-state index contributed by atoms with van der Waals surface area (Å²) in [6.07, 6.45) is 7.01. The lowest BCUT2D eigenvalue weighted by Gasteiger charge is -2.60. The number of hydrogen-bond donors (Lipinski definition) is 5. The van der Waals surface area contributed by atoms with Gasteiger partial charge in [0.05, 0.1) is 24.6 Å². The van der Waals surface area contributed by atoms with E-state index in [1.807, 2.05) is 43.0 Å². The maximum Gasteiger partial charge on any atom is 0.315 e. The third-order valence-electron chi connectivity index (χ3n) is 12.7. The molecule has 1 saturated carbocycles. The summed E-state index contributed by atoms with van der Waals surface area (Å²) in [6, 6.07) is 8.30. The first kappa shape index (κ1) is 41.9. The van der Waals surface area contributed by atoms with Gasteiger partial charge in [-0.05, 0) is 67.9 Å². The van der Waals surface area contributed by atoms with Crippen LogP contribution >= 0.6 is 33.3 Å². The van der Waals surface area contributed by atoms with Crippen LogP contribution in [0.5, 0.6) is 0 Å². The predicted molar refractivity (Wildman–Crippen MR) is 218 cm³/mol. The first-order valence-corrected chi connectivity index (χ1v) is 24.1. The molecule has 0 unspecified atom stereocenters. The van der Waals surface area contributed by atoms with Crippen molar-refractivity contribution >= 4 is 57.1 Å². The summed E-state index contributed by atoms with van der Waals surface area (Å²) in [7, 11) is 3.29. The highest BCUT2D eigenvalue weighted by Gasteiger charge is 2.69. The monoisotopic (exact) mass is 833 g/mol. The minimum absolute atomic E-state index is 0.0119. The van der Waals surface area contributed by atoms with E-state index in [4.69, 9.17) is 19.2 Å². The summed E-state index contributed by atoms with van der Waals surface area (Å²) in [5.41, 5.74) is 1.30. The van der Waals surface area contributed by atoms with Crippen LogP contribution in [0.15, 0.2) is 24.3 Å². The molecule has 16 heteroatoms. The molecular formula is C40H59N5O8S3. The fourth-order valence-electron chi connectivity index (χ4n) is 9.65. The lowest BCUT2D eigenvalue weighted by atomic mass is 9.57. The molecule has 5 amide bonds. The molecule has 310 valence electrons. The van der Waals surface area contributed by atoms with Crippen LogP contribution in [0.3, 0.4) is 0 Å². The molecule has 7 aliphatic rings. The lowest BCUT2D eigenvalue weighted by Crippen LogP contribution is -2.70. The highest BCUT2D eigenvalue weighted by molar-refractivity contribution is 8.76. The Balaban J connectivity index is 0.737. The summed E-state index contributed by atoms with van der Waals surface area (Å²) in [5.74, 6) is 2.65. The zero-order chi connectivity index (χ0) is 39.3. The predicted octanol–water partition coefficient (Wildman–Crippen LogP) is 5.17. The number of unbranched alkanes of at least 4 members (excludes halogenated alkanes) is 1. The van der Waals surface area contributed by atoms with Crippen molar-refractivity contribution in [2.75, 3.05) is 23.8 Å². The first-order chi connectivity index (χ1) is 27.0. The highest BCUT2D eigenvalue weighted by Crippen LogP contribution is 2.60. The topological polar surface area (TPSA) is 165 Å². The molecule has 6 aliphatic heterocycles. The van der Waals surface area contributed by atoms with Gasteiger partial charge in [-0.25, -0.2) is 14.6 Å². The van der Waals surface area contributed by atoms with E-state index < -0.39 is 17.7 Å². The molecule has 1 aromatic rings. The third-order valence-corrected chi connectivity index (χ3v) is 16.7. The Bertz CT molecular complexity index is 1580. The van der Waals surface area contributed by atoms with Crippen molar-refractivity contribution in [3.05, 3.63) is 35.4 Å². The van der Waals surface area contributed by atoms with Crippen LogP contribution in [0.1, 0.15) is 96.1 Å². The Labute approximate surface area is 342 Å². The molecule has 0 aromatic heterocycles. The van der Waals surface area contributed by atoms with Gasteiger partial charge in [0.1, 0.15) is 0 Å². The largest absolute Gasteiger partial charge is 0.355 e. The highest BCUT2D eigenvalue weighted by atomic mass is 33.1. The molecule has 1 aliphatic carbocycles. The van der Waals surface area contributed by atoms with Crippen molar-refractivity contribution < 1.29 is 38.4 Å². The van der Waals surface area contributed by atoms with Gasteiger partial charge < -0.3 is 36.1 Å². The van der Waals surface area contributed by atoms with Gasteiger partial charge in [-0.1, -0.05) is 66.1 Å². The van der Waals surface area contributed by atoms with E-state index in [9.17, 15) is 19.2 Å². The number of amides is 5. The van der Waals surface area contributed by atoms with E-state index in [0.29, 0.717) is 55.3 Å². The summed E-state index contributed by atoms with van der Waals surface area (Å²) < 4.78 is 13.0. The maximum absolute atomic E-state index is 13.3. The van der Waals surface area contributed by atoms with E-state index in [1.165, 1.54) is 0 Å². The van der Waals surface area contributed by atoms with Crippen LogP contribution in [0.2, 0.25) is 0 Å². The second kappa shape index (κ2) is 18.8. The van der Waals surface area contributed by atoms with E-state index in [0.717, 1.165) is 67.6 Å². The molecule has 0 radical (unpaired) electrons. The molecule has 11 atom stereocenters. The van der Waals surface area contributed by atoms with E-state index in [-0.39, 0.29) is 60.2 Å². The van der Waals surface area contributed by atoms with Crippen molar-refractivity contribution in [3.8, 4) is 0 Å². The van der Waals surface area contributed by atoms with Crippen molar-refractivity contribution in [3.63, 3.8) is 0 Å². The number of rotatable bonds is 18. The molecule has 1 aromatic carbocycles. The van der Waals surface area contributed by atoms with Gasteiger partial charge in [0, 0.05) is 67.3 Å². The number of carbonyl (C=O) groups is 4. The second-order valence-electron chi connectivity index (χ2n) is 16.6. The zero-order valence-electron chi connectivity index (χ0n) is 32.8. The number of thioether (sulfide) groups is 1. The molecule has 7 fully saturated rings. The Morgan fingerprint density at radius 1 is 0.911 bits per heavy atom. The van der Waals surface area contributed by atoms with Crippen LogP contribution < -0.4 is 26.6 Å². The average molecular weight is 834 g/mol. The van der Waals surface area contributed by atoms with Crippen LogP contribution in [0.25, 0.3) is 0 Å². The van der Waals surface area contributed by atoms with Crippen LogP contribution in [-0.2, 0) is 46.7 Å². The molecule has 6 saturated heterocycles. The molecule has 13 nitrogen and oxygen atoms in total. The van der Waals surface area contributed by atoms with E-state index >= 15 is 0 Å². The molecule has 2 bridgehead atoms. The van der Waals surface area contributed by atoms with E-state index in [1.54, 1.807) is 21.6 Å². The molecule has 1 spiro atoms. The Morgan fingerprint density at radius 2 is 1.68 bits per heavy atom. The average Bonchev–Trinajstić information content (AvgIpc) is 3.64. The number of ether oxygens (including phenoxy) is 2. The first-order valence-electron chi connectivity index (χ1n) is 20.5. The normalized spacial score (nSPS) is 35.4. The van der Waals surface area contributed by atoms with Crippen molar-refractivity contribution in [1.82, 2.24) is 26.6 Å². The fourth-order valence-corrected chi connectivity index (χ4v) is 13.1. The number of hydrogen-bond acceptors (Lipinski definition) is 11. The summed E-state index contributed by atoms with van der Waals surface area (Å²) in [4.78, 5) is 61.7. The lowest BCUT2D eigenvalue weighted by molar-refractivity contribution is -0.570. The number of fused-ring (bicyclic) bond motifs is 3. The molecular weight excluding hydrogens is 775 g/mol. The maximum atomic E-state index is 13.3. The van der Waals surface area contributed by atoms with Crippen LogP contribution in [0.4, 0.5) is 4.79 Å². The zero-order valence-corrected chi connectivity index (χ0v) is 35.3. The van der Waals surface area contributed by atoms with Gasteiger partial charge in [0.2, 0.25) is 23.5 Å². The van der Waals surface area contributed by atoms with Gasteiger partial charge in [-0.3, -0.25) is 14.4 Å². The molecule has 56 heavy (non-hydrogen) atoms. The summed E-state index contributed by atoms with van der Waals surface area (Å²) >= 11 is 1.90. The Kier molecular flexibility index (Phi) is 14.1. The standard InChI is InChI=1S/C40H59N5O8S3/c1-24-11-12-29-25(2)31(50-37-40(29)28(24)13-15-39(3,51-37)52-53-40)20-35(48)43-22-27-8-6-7-26(19-27)21-42-34(47)14-17-55-56-18-16-41-33(46)10-5-4-9-32-36-30(23-54-32)44-38(49)45-36/h6-8,19,24-25,28-32,36-37H,4-5,9-18,20-23H2,1-3H3,(H,41,46)(H,42,47)(H,43,48)(H2,44,45,49)/t24-,25-,28+,29+,30+,31-,32+,36+,37-,39+,40-/m1/s1. The van der Waals surface area contributed by atoms with Gasteiger partial charge >= 0.3 is 6.03 Å². The smallest absolute Gasteiger partial charge is 0.315 e. The number of urea groups is 1. The quantitative estimate of drug-likeness (QED) is 0.0574. The van der Waals surface area contributed by atoms with Crippen molar-refractivity contribution in [2.45, 2.75) is 139 Å². The number of carbonyl (C=O) groups excluding carboxylic acids is 4. The summed E-state index contributed by atoms with van der Waals surface area (Å²) in [5, 5.41) is 15.5. The van der Waals surface area contributed by atoms with Crippen LogP contribution in [0, 0.1) is 23.7 Å². The Hall–Kier alpha value is -2.21. The third kappa shape index (κ3) is 9.79. The van der Waals surface area contributed by atoms with Gasteiger partial charge in [-0.15, -0.1) is 0 Å². The second-order valence-corrected chi connectivity index (χ2v) is 20.6. The fraction of sp³-hybridized carbons (Fsp3) is 0.750. The van der Waals surface area contributed by atoms with E-state index in [2.05, 4.69) is 40.4 Å². The Morgan fingerprint density at radius 3 is 2.50 bits per heavy atom. The molecule has 8 rings (SSSR count). The van der Waals surface area contributed by atoms with Crippen molar-refractivity contribution in [2.24, 2.45) is 23.7 Å². The number of benzene rings is 1. The minimum atomic E-state index is -0.841. The summed E-state index contributed by atoms with van der Waals surface area (Å²) in [6.45, 7) is 7.80. The van der Waals surface area contributed by atoms with Crippen LogP contribution in [-0.4, -0.2) is 88.7 Å². The van der Waals surface area contributed by atoms with Crippen molar-refractivity contribution in [1.29, 1.82) is 0 Å². The minimum Gasteiger partial charge on any atom is -0.355 e. The number of nitrogens with one attached hydrogen (secondary N) is 5. The molecule has 5 N–H and O–H groups in total. The SMILES string of the molecule is C[C@H]1[C@@H](CC(=O)NCc2cccc(CNC(=O)CCSSCCNC(=O)CCCC[C@@H]3SC[C@@H]4NC(=O)N[C@@H]43)c2)O[C@@H]2O[C@]3(C)CC[C@H]4[C@H](C)CC[C@@H]1[C@@]24OO3. The molecule has 6 heterocycles. The van der Waals surface area contributed by atoms with Gasteiger partial charge in [-0.2, -0.15) is 11.8 Å². The van der Waals surface area contributed by atoms with Gasteiger partial charge in [0.15, 0.2) is 11.9 Å². The van der Waals surface area contributed by atoms with Gasteiger partial charge in [0.25, 0.3) is 0 Å².